The Morgan fingerprint density at radius 1 is 1.35 bits per heavy atom. The first kappa shape index (κ1) is 16.6. The quantitative estimate of drug-likeness (QED) is 0.756. The molecule has 4 rings (SSSR count). The maximum absolute atomic E-state index is 12.9. The van der Waals surface area contributed by atoms with Gasteiger partial charge in [0.2, 0.25) is 0 Å². The number of nitrogens with zero attached hydrogens (tertiary/aromatic N) is 5. The summed E-state index contributed by atoms with van der Waals surface area (Å²) in [6, 6.07) is 3.96. The topological polar surface area (TPSA) is 103 Å². The number of nitrogen functional groups attached to an aromatic ring is 1. The molecule has 8 heteroatoms. The van der Waals surface area contributed by atoms with E-state index in [2.05, 4.69) is 10.3 Å². The first-order valence-corrected chi connectivity index (χ1v) is 8.77. The van der Waals surface area contributed by atoms with Crippen molar-refractivity contribution in [2.45, 2.75) is 32.6 Å². The van der Waals surface area contributed by atoms with Crippen molar-refractivity contribution in [3.05, 3.63) is 34.8 Å². The van der Waals surface area contributed by atoms with E-state index in [0.717, 1.165) is 36.1 Å². The highest BCUT2D eigenvalue weighted by Gasteiger charge is 2.29. The number of piperidine rings is 1. The summed E-state index contributed by atoms with van der Waals surface area (Å²) in [6.07, 6.45) is 1.93. The molecule has 136 valence electrons. The van der Waals surface area contributed by atoms with E-state index in [1.165, 1.54) is 0 Å². The molecular formula is C18H22N6O2. The molecule has 1 saturated heterocycles. The van der Waals surface area contributed by atoms with Crippen LogP contribution in [0, 0.1) is 13.8 Å². The number of carbonyl (C=O) groups excluding carboxylic acids is 1. The molecule has 0 spiro atoms. The molecule has 0 saturated carbocycles. The van der Waals surface area contributed by atoms with Gasteiger partial charge in [0.25, 0.3) is 5.91 Å². The smallest absolute Gasteiger partial charge is 0.259 e. The molecule has 0 radical (unpaired) electrons. The fourth-order valence-corrected chi connectivity index (χ4v) is 3.75. The van der Waals surface area contributed by atoms with Gasteiger partial charge in [-0.2, -0.15) is 5.10 Å². The summed E-state index contributed by atoms with van der Waals surface area (Å²) in [5.41, 5.74) is 8.87. The van der Waals surface area contributed by atoms with Crippen molar-refractivity contribution < 1.29 is 9.32 Å². The van der Waals surface area contributed by atoms with Gasteiger partial charge in [0.15, 0.2) is 11.5 Å². The van der Waals surface area contributed by atoms with Crippen molar-refractivity contribution >= 4 is 22.8 Å². The summed E-state index contributed by atoms with van der Waals surface area (Å²) in [6.45, 7) is 4.94. The minimum absolute atomic E-state index is 0.0168. The lowest BCUT2D eigenvalue weighted by atomic mass is 9.93. The maximum atomic E-state index is 12.9. The van der Waals surface area contributed by atoms with Crippen LogP contribution in [0.4, 0.5) is 5.82 Å². The molecule has 1 aliphatic heterocycles. The number of aromatic nitrogens is 4. The van der Waals surface area contributed by atoms with Crippen molar-refractivity contribution in [3.63, 3.8) is 0 Å². The average molecular weight is 354 g/mol. The molecule has 0 unspecified atom stereocenters. The highest BCUT2D eigenvalue weighted by Crippen LogP contribution is 2.29. The van der Waals surface area contributed by atoms with Crippen LogP contribution in [0.5, 0.6) is 0 Å². The lowest BCUT2D eigenvalue weighted by Gasteiger charge is -2.32. The number of rotatable bonds is 2. The second-order valence-corrected chi connectivity index (χ2v) is 6.91. The van der Waals surface area contributed by atoms with E-state index in [0.29, 0.717) is 29.4 Å². The number of anilines is 1. The third-order valence-electron chi connectivity index (χ3n) is 5.11. The van der Waals surface area contributed by atoms with Crippen molar-refractivity contribution in [3.8, 4) is 0 Å². The Bertz CT molecular complexity index is 970. The third-order valence-corrected chi connectivity index (χ3v) is 5.11. The third kappa shape index (κ3) is 2.61. The van der Waals surface area contributed by atoms with E-state index < -0.39 is 0 Å². The molecular weight excluding hydrogens is 332 g/mol. The van der Waals surface area contributed by atoms with Crippen molar-refractivity contribution in [2.75, 3.05) is 18.8 Å². The number of fused-ring (bicyclic) bond motifs is 1. The van der Waals surface area contributed by atoms with Gasteiger partial charge >= 0.3 is 0 Å². The lowest BCUT2D eigenvalue weighted by molar-refractivity contribution is 0.0703. The normalized spacial score (nSPS) is 17.8. The van der Waals surface area contributed by atoms with Crippen LogP contribution in [0.1, 0.15) is 46.3 Å². The van der Waals surface area contributed by atoms with Gasteiger partial charge in [0, 0.05) is 31.7 Å². The Morgan fingerprint density at radius 2 is 2.15 bits per heavy atom. The van der Waals surface area contributed by atoms with Gasteiger partial charge in [-0.05, 0) is 38.8 Å². The minimum atomic E-state index is -0.0168. The van der Waals surface area contributed by atoms with Gasteiger partial charge in [-0.1, -0.05) is 5.16 Å². The zero-order chi connectivity index (χ0) is 18.4. The standard InChI is InChI=1S/C18H22N6O2/c1-10-15(11(2)26-22-10)18(25)24-8-4-5-12(9-24)14-7-6-13-16(19)21-23(3)17(13)20-14/h6-7,12H,4-5,8-9H2,1-3H3,(H2,19,21)/t12-/m0/s1. The highest BCUT2D eigenvalue weighted by molar-refractivity contribution is 5.96. The number of hydrogen-bond donors (Lipinski definition) is 1. The summed E-state index contributed by atoms with van der Waals surface area (Å²) in [4.78, 5) is 19.6. The zero-order valence-electron chi connectivity index (χ0n) is 15.2. The number of amides is 1. The summed E-state index contributed by atoms with van der Waals surface area (Å²) in [5.74, 6) is 1.23. The molecule has 0 aliphatic carbocycles. The first-order valence-electron chi connectivity index (χ1n) is 8.77. The molecule has 1 fully saturated rings. The Kier molecular flexibility index (Phi) is 3.90. The van der Waals surface area contributed by atoms with E-state index in [-0.39, 0.29) is 11.8 Å². The van der Waals surface area contributed by atoms with Crippen LogP contribution in [-0.2, 0) is 7.05 Å². The summed E-state index contributed by atoms with van der Waals surface area (Å²) >= 11 is 0. The number of carbonyl (C=O) groups is 1. The van der Waals surface area contributed by atoms with Crippen molar-refractivity contribution in [1.29, 1.82) is 0 Å². The molecule has 0 aromatic carbocycles. The van der Waals surface area contributed by atoms with Crippen LogP contribution < -0.4 is 5.73 Å². The number of aryl methyl sites for hydroxylation is 3. The number of likely N-dealkylation sites (tertiary alicyclic amines) is 1. The van der Waals surface area contributed by atoms with E-state index in [1.54, 1.807) is 18.5 Å². The molecule has 0 bridgehead atoms. The van der Waals surface area contributed by atoms with Gasteiger partial charge in [-0.15, -0.1) is 0 Å². The van der Waals surface area contributed by atoms with Crippen LogP contribution >= 0.6 is 0 Å². The molecule has 1 aliphatic rings. The van der Waals surface area contributed by atoms with Gasteiger partial charge in [-0.3, -0.25) is 4.79 Å². The maximum Gasteiger partial charge on any atom is 0.259 e. The number of nitrogens with two attached hydrogens (primary N) is 1. The van der Waals surface area contributed by atoms with E-state index in [4.69, 9.17) is 15.2 Å². The second kappa shape index (κ2) is 6.12. The Labute approximate surface area is 151 Å². The molecule has 4 heterocycles. The lowest BCUT2D eigenvalue weighted by Crippen LogP contribution is -2.39. The Hall–Kier alpha value is -2.90. The monoisotopic (exact) mass is 354 g/mol. The van der Waals surface area contributed by atoms with E-state index in [9.17, 15) is 4.79 Å². The van der Waals surface area contributed by atoms with Crippen LogP contribution in [0.2, 0.25) is 0 Å². The molecule has 2 N–H and O–H groups in total. The second-order valence-electron chi connectivity index (χ2n) is 6.91. The SMILES string of the molecule is Cc1noc(C)c1C(=O)N1CCC[C@H](c2ccc3c(N)nn(C)c3n2)C1. The molecule has 26 heavy (non-hydrogen) atoms. The molecule has 1 atom stereocenters. The van der Waals surface area contributed by atoms with Gasteiger partial charge in [0.1, 0.15) is 11.3 Å². The van der Waals surface area contributed by atoms with E-state index in [1.807, 2.05) is 24.1 Å². The van der Waals surface area contributed by atoms with Crippen LogP contribution in [0.15, 0.2) is 16.7 Å². The Balaban J connectivity index is 1.61. The van der Waals surface area contributed by atoms with Crippen molar-refractivity contribution in [1.82, 2.24) is 24.8 Å². The van der Waals surface area contributed by atoms with Gasteiger partial charge in [0.05, 0.1) is 11.1 Å². The molecule has 1 amide bonds. The van der Waals surface area contributed by atoms with Crippen molar-refractivity contribution in [2.24, 2.45) is 7.05 Å². The predicted molar refractivity (Wildman–Crippen MR) is 96.8 cm³/mol. The minimum Gasteiger partial charge on any atom is -0.382 e. The van der Waals surface area contributed by atoms with E-state index >= 15 is 0 Å². The van der Waals surface area contributed by atoms with Crippen LogP contribution in [0.25, 0.3) is 11.0 Å². The largest absolute Gasteiger partial charge is 0.382 e. The Morgan fingerprint density at radius 3 is 2.88 bits per heavy atom. The molecule has 3 aromatic rings. The summed E-state index contributed by atoms with van der Waals surface area (Å²) < 4.78 is 6.85. The van der Waals surface area contributed by atoms with Gasteiger partial charge < -0.3 is 15.2 Å². The number of pyridine rings is 1. The highest BCUT2D eigenvalue weighted by atomic mass is 16.5. The van der Waals surface area contributed by atoms with Gasteiger partial charge in [-0.25, -0.2) is 9.67 Å². The molecule has 8 nitrogen and oxygen atoms in total. The fourth-order valence-electron chi connectivity index (χ4n) is 3.75. The zero-order valence-corrected chi connectivity index (χ0v) is 15.2. The summed E-state index contributed by atoms with van der Waals surface area (Å²) in [7, 11) is 1.84. The average Bonchev–Trinajstić information content (AvgIpc) is 3.13. The summed E-state index contributed by atoms with van der Waals surface area (Å²) in [5, 5.41) is 8.98. The van der Waals surface area contributed by atoms with Crippen LogP contribution in [-0.4, -0.2) is 43.8 Å². The molecule has 3 aromatic heterocycles. The first-order chi connectivity index (χ1) is 12.5. The number of hydrogen-bond acceptors (Lipinski definition) is 6. The predicted octanol–water partition coefficient (Wildman–Crippen LogP) is 2.18. The fraction of sp³-hybridized carbons (Fsp3) is 0.444. The van der Waals surface area contributed by atoms with Crippen LogP contribution in [0.3, 0.4) is 0 Å².